The highest BCUT2D eigenvalue weighted by Gasteiger charge is 2.18. The van der Waals surface area contributed by atoms with Gasteiger partial charge in [-0.1, -0.05) is 244 Å². The van der Waals surface area contributed by atoms with Gasteiger partial charge in [-0.2, -0.15) is 0 Å². The van der Waals surface area contributed by atoms with Crippen LogP contribution in [0.4, 0.5) is 0 Å². The van der Waals surface area contributed by atoms with Crippen molar-refractivity contribution < 1.29 is 24.5 Å². The second kappa shape index (κ2) is 51.0. The molecular weight excluding hydrogens is 755 g/mol. The van der Waals surface area contributed by atoms with E-state index in [0.717, 1.165) is 57.8 Å². The largest absolute Gasteiger partial charge is 0.466 e. The Morgan fingerprint density at radius 1 is 0.443 bits per heavy atom. The number of carbonyl (C=O) groups is 2. The summed E-state index contributed by atoms with van der Waals surface area (Å²) in [5, 5.41) is 23.1. The Balaban J connectivity index is 3.50. The maximum absolute atomic E-state index is 12.5. The molecule has 0 radical (unpaired) electrons. The van der Waals surface area contributed by atoms with Crippen LogP contribution in [0.25, 0.3) is 0 Å². The Labute approximate surface area is 380 Å². The van der Waals surface area contributed by atoms with Gasteiger partial charge < -0.3 is 20.3 Å². The van der Waals surface area contributed by atoms with E-state index in [0.29, 0.717) is 19.4 Å². The first-order valence-electron chi connectivity index (χ1n) is 27.1. The first kappa shape index (κ1) is 59.3. The Bertz CT molecular complexity index is 951. The van der Waals surface area contributed by atoms with Gasteiger partial charge in [0.15, 0.2) is 0 Å². The Kier molecular flexibility index (Phi) is 49.6. The van der Waals surface area contributed by atoms with Crippen LogP contribution in [0.2, 0.25) is 0 Å². The van der Waals surface area contributed by atoms with E-state index in [2.05, 4.69) is 31.3 Å². The van der Waals surface area contributed by atoms with Gasteiger partial charge in [0.1, 0.15) is 0 Å². The summed E-state index contributed by atoms with van der Waals surface area (Å²) in [7, 11) is 0. The van der Waals surface area contributed by atoms with E-state index in [1.165, 1.54) is 205 Å². The zero-order valence-corrected chi connectivity index (χ0v) is 40.9. The standard InChI is InChI=1S/C55H105NO5/c1-3-5-7-9-11-13-15-17-18-19-20-21-24-27-31-35-39-43-47-53(58)52(51-57)56-54(59)48-44-40-36-32-28-25-22-26-30-34-38-42-46-50-61-55(60)49-45-41-37-33-29-23-16-14-12-10-8-6-4-2/h14,16,43,47,52-53,57-58H,3-13,15,17-42,44-46,48-51H2,1-2H3,(H,56,59)/b16-14-,47-43+. The molecule has 0 saturated heterocycles. The van der Waals surface area contributed by atoms with E-state index in [4.69, 9.17) is 4.74 Å². The molecule has 0 aromatic heterocycles. The van der Waals surface area contributed by atoms with Crippen molar-refractivity contribution in [1.29, 1.82) is 0 Å². The van der Waals surface area contributed by atoms with Gasteiger partial charge in [-0.05, 0) is 57.8 Å². The number of ether oxygens (including phenoxy) is 1. The van der Waals surface area contributed by atoms with Crippen LogP contribution in [-0.2, 0) is 14.3 Å². The highest BCUT2D eigenvalue weighted by atomic mass is 16.5. The molecule has 0 aromatic carbocycles. The molecule has 0 aliphatic heterocycles. The minimum Gasteiger partial charge on any atom is -0.466 e. The number of esters is 1. The van der Waals surface area contributed by atoms with Gasteiger partial charge >= 0.3 is 5.97 Å². The van der Waals surface area contributed by atoms with Crippen molar-refractivity contribution in [1.82, 2.24) is 5.32 Å². The van der Waals surface area contributed by atoms with Crippen molar-refractivity contribution in [3.63, 3.8) is 0 Å². The third kappa shape index (κ3) is 47.7. The van der Waals surface area contributed by atoms with Crippen LogP contribution in [0.1, 0.15) is 290 Å². The first-order chi connectivity index (χ1) is 30.0. The molecule has 6 heteroatoms. The van der Waals surface area contributed by atoms with Gasteiger partial charge in [-0.3, -0.25) is 9.59 Å². The Hall–Kier alpha value is -1.66. The lowest BCUT2D eigenvalue weighted by Gasteiger charge is -2.20. The van der Waals surface area contributed by atoms with Crippen LogP contribution in [0, 0.1) is 0 Å². The number of aliphatic hydroxyl groups is 2. The van der Waals surface area contributed by atoms with Crippen molar-refractivity contribution in [2.45, 2.75) is 302 Å². The lowest BCUT2D eigenvalue weighted by Crippen LogP contribution is -2.45. The molecule has 0 heterocycles. The summed E-state index contributed by atoms with van der Waals surface area (Å²) in [6.45, 7) is 4.86. The predicted octanol–water partition coefficient (Wildman–Crippen LogP) is 16.3. The summed E-state index contributed by atoms with van der Waals surface area (Å²) >= 11 is 0. The molecule has 0 fully saturated rings. The van der Waals surface area contributed by atoms with Crippen LogP contribution in [0.5, 0.6) is 0 Å². The fourth-order valence-electron chi connectivity index (χ4n) is 8.27. The minimum absolute atomic E-state index is 0.0160. The lowest BCUT2D eigenvalue weighted by molar-refractivity contribution is -0.143. The number of unbranched alkanes of at least 4 members (excludes halogenated alkanes) is 37. The second-order valence-electron chi connectivity index (χ2n) is 18.6. The SMILES string of the molecule is CCCCCC/C=C\CCCCCCCC(=O)OCCCCCCCCCCCCCCCC(=O)NC(CO)C(O)/C=C/CCCCCCCCCCCCCCCCCC. The molecule has 61 heavy (non-hydrogen) atoms. The Morgan fingerprint density at radius 3 is 1.18 bits per heavy atom. The topological polar surface area (TPSA) is 95.9 Å². The maximum atomic E-state index is 12.5. The molecular formula is C55H105NO5. The van der Waals surface area contributed by atoms with E-state index in [-0.39, 0.29) is 18.5 Å². The molecule has 0 rings (SSSR count). The molecule has 0 aromatic rings. The fourth-order valence-corrected chi connectivity index (χ4v) is 8.27. The average molecular weight is 860 g/mol. The van der Waals surface area contributed by atoms with Crippen molar-refractivity contribution in [2.24, 2.45) is 0 Å². The highest BCUT2D eigenvalue weighted by molar-refractivity contribution is 5.76. The van der Waals surface area contributed by atoms with Gasteiger partial charge in [0.2, 0.25) is 5.91 Å². The third-order valence-corrected chi connectivity index (χ3v) is 12.5. The van der Waals surface area contributed by atoms with Gasteiger partial charge in [-0.15, -0.1) is 0 Å². The molecule has 0 saturated carbocycles. The number of hydrogen-bond donors (Lipinski definition) is 3. The minimum atomic E-state index is -0.853. The highest BCUT2D eigenvalue weighted by Crippen LogP contribution is 2.16. The molecule has 0 aliphatic rings. The number of carbonyl (C=O) groups excluding carboxylic acids is 2. The summed E-state index contributed by atoms with van der Waals surface area (Å²) < 4.78 is 5.45. The van der Waals surface area contributed by atoms with Crippen LogP contribution in [-0.4, -0.2) is 47.4 Å². The summed E-state index contributed by atoms with van der Waals surface area (Å²) in [5.74, 6) is -0.0956. The number of nitrogens with one attached hydrogen (secondary N) is 1. The molecule has 6 nitrogen and oxygen atoms in total. The smallest absolute Gasteiger partial charge is 0.305 e. The zero-order valence-electron chi connectivity index (χ0n) is 40.9. The summed E-state index contributed by atoms with van der Waals surface area (Å²) in [6, 6.07) is -0.638. The monoisotopic (exact) mass is 860 g/mol. The van der Waals surface area contributed by atoms with Gasteiger partial charge in [0.25, 0.3) is 0 Å². The van der Waals surface area contributed by atoms with Crippen molar-refractivity contribution in [2.75, 3.05) is 13.2 Å². The quantitative estimate of drug-likeness (QED) is 0.0322. The Morgan fingerprint density at radius 2 is 0.770 bits per heavy atom. The van der Waals surface area contributed by atoms with Crippen molar-refractivity contribution in [3.05, 3.63) is 24.3 Å². The van der Waals surface area contributed by atoms with E-state index in [1.54, 1.807) is 6.08 Å². The third-order valence-electron chi connectivity index (χ3n) is 12.5. The average Bonchev–Trinajstić information content (AvgIpc) is 3.26. The number of allylic oxidation sites excluding steroid dienone is 3. The van der Waals surface area contributed by atoms with Crippen LogP contribution in [0.15, 0.2) is 24.3 Å². The predicted molar refractivity (Wildman–Crippen MR) is 264 cm³/mol. The number of aliphatic hydroxyl groups excluding tert-OH is 2. The summed E-state index contributed by atoms with van der Waals surface area (Å²) in [4.78, 5) is 24.5. The van der Waals surface area contributed by atoms with Crippen LogP contribution < -0.4 is 5.32 Å². The van der Waals surface area contributed by atoms with Gasteiger partial charge in [-0.25, -0.2) is 0 Å². The molecule has 3 N–H and O–H groups in total. The normalized spacial score (nSPS) is 12.8. The molecule has 0 bridgehead atoms. The maximum Gasteiger partial charge on any atom is 0.305 e. The second-order valence-corrected chi connectivity index (χ2v) is 18.6. The summed E-state index contributed by atoms with van der Waals surface area (Å²) in [6.07, 6.45) is 60.3. The van der Waals surface area contributed by atoms with Gasteiger partial charge in [0.05, 0.1) is 25.4 Å². The number of hydrogen-bond acceptors (Lipinski definition) is 5. The van der Waals surface area contributed by atoms with Crippen molar-refractivity contribution in [3.8, 4) is 0 Å². The van der Waals surface area contributed by atoms with E-state index < -0.39 is 12.1 Å². The number of rotatable bonds is 50. The fraction of sp³-hybridized carbons (Fsp3) is 0.891. The number of amides is 1. The van der Waals surface area contributed by atoms with E-state index in [1.807, 2.05) is 6.08 Å². The molecule has 2 atom stereocenters. The van der Waals surface area contributed by atoms with Crippen LogP contribution in [0.3, 0.4) is 0 Å². The molecule has 0 aliphatic carbocycles. The van der Waals surface area contributed by atoms with E-state index in [9.17, 15) is 19.8 Å². The van der Waals surface area contributed by atoms with Crippen molar-refractivity contribution >= 4 is 11.9 Å². The van der Waals surface area contributed by atoms with Gasteiger partial charge in [0, 0.05) is 12.8 Å². The van der Waals surface area contributed by atoms with E-state index >= 15 is 0 Å². The first-order valence-corrected chi connectivity index (χ1v) is 27.1. The lowest BCUT2D eigenvalue weighted by atomic mass is 10.0. The molecule has 0 spiro atoms. The zero-order chi connectivity index (χ0) is 44.4. The van der Waals surface area contributed by atoms with Crippen LogP contribution >= 0.6 is 0 Å². The molecule has 360 valence electrons. The molecule has 1 amide bonds. The summed E-state index contributed by atoms with van der Waals surface area (Å²) in [5.41, 5.74) is 0. The molecule has 2 unspecified atom stereocenters.